The molecule has 16 heavy (non-hydrogen) atoms. The fraction of sp³-hybridized carbons (Fsp3) is 0.364. The SMILES string of the molecule is C=C(Cl)CNC(C)c1ccc(C(=O)OC)o1. The lowest BCUT2D eigenvalue weighted by molar-refractivity contribution is 0.0562. The number of hydrogen-bond acceptors (Lipinski definition) is 4. The minimum atomic E-state index is -0.486. The lowest BCUT2D eigenvalue weighted by Gasteiger charge is -2.09. The first kappa shape index (κ1) is 12.8. The summed E-state index contributed by atoms with van der Waals surface area (Å²) in [7, 11) is 1.31. The number of carbonyl (C=O) groups excluding carboxylic acids is 1. The molecule has 1 rings (SSSR count). The number of esters is 1. The van der Waals surface area contributed by atoms with Gasteiger partial charge in [0.15, 0.2) is 0 Å². The van der Waals surface area contributed by atoms with Crippen LogP contribution in [0.1, 0.15) is 29.3 Å². The maximum Gasteiger partial charge on any atom is 0.373 e. The summed E-state index contributed by atoms with van der Waals surface area (Å²) in [6.45, 7) is 5.95. The van der Waals surface area contributed by atoms with Crippen molar-refractivity contribution in [3.05, 3.63) is 35.3 Å². The Labute approximate surface area is 99.2 Å². The highest BCUT2D eigenvalue weighted by molar-refractivity contribution is 6.29. The topological polar surface area (TPSA) is 51.5 Å². The number of furan rings is 1. The second-order valence-corrected chi connectivity index (χ2v) is 3.85. The minimum Gasteiger partial charge on any atom is -0.463 e. The minimum absolute atomic E-state index is 0.0473. The number of rotatable bonds is 5. The molecule has 1 atom stereocenters. The van der Waals surface area contributed by atoms with Crippen LogP contribution in [0.3, 0.4) is 0 Å². The number of carbonyl (C=O) groups is 1. The summed E-state index contributed by atoms with van der Waals surface area (Å²) in [6.07, 6.45) is 0. The standard InChI is InChI=1S/C11H14ClNO3/c1-7(12)6-13-8(2)9-4-5-10(16-9)11(14)15-3/h4-5,8,13H,1,6H2,2-3H3. The zero-order valence-corrected chi connectivity index (χ0v) is 10.0. The predicted octanol–water partition coefficient (Wildman–Crippen LogP) is 2.47. The van der Waals surface area contributed by atoms with E-state index in [4.69, 9.17) is 16.0 Å². The molecule has 1 heterocycles. The zero-order valence-electron chi connectivity index (χ0n) is 9.25. The number of ether oxygens (including phenoxy) is 1. The van der Waals surface area contributed by atoms with Gasteiger partial charge in [0, 0.05) is 11.6 Å². The van der Waals surface area contributed by atoms with Gasteiger partial charge in [0.1, 0.15) is 5.76 Å². The molecule has 0 fully saturated rings. The second-order valence-electron chi connectivity index (χ2n) is 3.31. The summed E-state index contributed by atoms with van der Waals surface area (Å²) >= 11 is 5.63. The first-order valence-corrected chi connectivity index (χ1v) is 5.17. The Bertz CT molecular complexity index is 386. The molecule has 1 aromatic rings. The Balaban J connectivity index is 2.63. The second kappa shape index (κ2) is 5.72. The molecule has 0 aliphatic rings. The van der Waals surface area contributed by atoms with E-state index in [2.05, 4.69) is 16.6 Å². The fourth-order valence-electron chi connectivity index (χ4n) is 1.16. The molecule has 5 heteroatoms. The highest BCUT2D eigenvalue weighted by Gasteiger charge is 2.14. The van der Waals surface area contributed by atoms with E-state index in [1.807, 2.05) is 6.92 Å². The largest absolute Gasteiger partial charge is 0.463 e. The third-order valence-corrected chi connectivity index (χ3v) is 2.17. The number of nitrogens with one attached hydrogen (secondary N) is 1. The average Bonchev–Trinajstić information content (AvgIpc) is 2.74. The van der Waals surface area contributed by atoms with E-state index in [1.54, 1.807) is 12.1 Å². The molecule has 0 saturated heterocycles. The molecule has 0 amide bonds. The van der Waals surface area contributed by atoms with Gasteiger partial charge in [0.05, 0.1) is 13.2 Å². The Morgan fingerprint density at radius 2 is 2.38 bits per heavy atom. The van der Waals surface area contributed by atoms with Gasteiger partial charge in [0.25, 0.3) is 0 Å². The van der Waals surface area contributed by atoms with Gasteiger partial charge in [-0.1, -0.05) is 18.2 Å². The van der Waals surface area contributed by atoms with E-state index in [-0.39, 0.29) is 11.8 Å². The number of hydrogen-bond donors (Lipinski definition) is 1. The molecule has 1 aromatic heterocycles. The van der Waals surface area contributed by atoms with Crippen LogP contribution in [0.25, 0.3) is 0 Å². The van der Waals surface area contributed by atoms with E-state index < -0.39 is 5.97 Å². The highest BCUT2D eigenvalue weighted by atomic mass is 35.5. The lowest BCUT2D eigenvalue weighted by Crippen LogP contribution is -2.19. The first-order valence-electron chi connectivity index (χ1n) is 4.79. The molecule has 0 saturated carbocycles. The summed E-state index contributed by atoms with van der Waals surface area (Å²) in [5.74, 6) is 0.356. The van der Waals surface area contributed by atoms with Crippen LogP contribution in [0, 0.1) is 0 Å². The highest BCUT2D eigenvalue weighted by Crippen LogP contribution is 2.17. The predicted molar refractivity (Wildman–Crippen MR) is 61.5 cm³/mol. The van der Waals surface area contributed by atoms with Gasteiger partial charge >= 0.3 is 5.97 Å². The third kappa shape index (κ3) is 3.40. The lowest BCUT2D eigenvalue weighted by atomic mass is 10.2. The van der Waals surface area contributed by atoms with Crippen molar-refractivity contribution in [2.45, 2.75) is 13.0 Å². The molecule has 0 bridgehead atoms. The third-order valence-electron chi connectivity index (χ3n) is 2.04. The van der Waals surface area contributed by atoms with Crippen molar-refractivity contribution in [2.24, 2.45) is 0 Å². The summed E-state index contributed by atoms with van der Waals surface area (Å²) in [4.78, 5) is 11.1. The van der Waals surface area contributed by atoms with E-state index >= 15 is 0 Å². The van der Waals surface area contributed by atoms with Crippen LogP contribution >= 0.6 is 11.6 Å². The van der Waals surface area contributed by atoms with Crippen LogP contribution in [-0.4, -0.2) is 19.6 Å². The molecule has 0 aliphatic heterocycles. The summed E-state index contributed by atoms with van der Waals surface area (Å²) in [5.41, 5.74) is 0. The normalized spacial score (nSPS) is 12.2. The molecule has 88 valence electrons. The van der Waals surface area contributed by atoms with Crippen LogP contribution in [-0.2, 0) is 4.74 Å². The van der Waals surface area contributed by atoms with Gasteiger partial charge in [-0.2, -0.15) is 0 Å². The van der Waals surface area contributed by atoms with E-state index in [0.717, 1.165) is 0 Å². The van der Waals surface area contributed by atoms with Crippen molar-refractivity contribution in [3.63, 3.8) is 0 Å². The summed E-state index contributed by atoms with van der Waals surface area (Å²) in [5, 5.41) is 3.61. The Hall–Kier alpha value is -1.26. The van der Waals surface area contributed by atoms with Crippen molar-refractivity contribution < 1.29 is 13.9 Å². The Morgan fingerprint density at radius 1 is 1.69 bits per heavy atom. The monoisotopic (exact) mass is 243 g/mol. The zero-order chi connectivity index (χ0) is 12.1. The fourth-order valence-corrected chi connectivity index (χ4v) is 1.24. The van der Waals surface area contributed by atoms with Crippen LogP contribution in [0.15, 0.2) is 28.2 Å². The summed E-state index contributed by atoms with van der Waals surface area (Å²) < 4.78 is 9.86. The Morgan fingerprint density at radius 3 is 2.94 bits per heavy atom. The number of halogens is 1. The Kier molecular flexibility index (Phi) is 4.58. The van der Waals surface area contributed by atoms with Gasteiger partial charge in [-0.25, -0.2) is 4.79 Å². The summed E-state index contributed by atoms with van der Waals surface area (Å²) in [6, 6.07) is 3.25. The van der Waals surface area contributed by atoms with Gasteiger partial charge < -0.3 is 14.5 Å². The van der Waals surface area contributed by atoms with Crippen LogP contribution in [0.5, 0.6) is 0 Å². The van der Waals surface area contributed by atoms with E-state index in [1.165, 1.54) is 7.11 Å². The molecule has 0 spiro atoms. The van der Waals surface area contributed by atoms with Crippen molar-refractivity contribution in [3.8, 4) is 0 Å². The maximum atomic E-state index is 11.1. The molecule has 1 unspecified atom stereocenters. The molecule has 4 nitrogen and oxygen atoms in total. The molecular weight excluding hydrogens is 230 g/mol. The van der Waals surface area contributed by atoms with Gasteiger partial charge in [-0.15, -0.1) is 0 Å². The molecule has 0 aliphatic carbocycles. The maximum absolute atomic E-state index is 11.1. The van der Waals surface area contributed by atoms with Crippen LogP contribution in [0.2, 0.25) is 0 Å². The molecule has 1 N–H and O–H groups in total. The van der Waals surface area contributed by atoms with Crippen LogP contribution in [0.4, 0.5) is 0 Å². The van der Waals surface area contributed by atoms with Crippen molar-refractivity contribution >= 4 is 17.6 Å². The van der Waals surface area contributed by atoms with Gasteiger partial charge in [-0.3, -0.25) is 0 Å². The average molecular weight is 244 g/mol. The molecule has 0 aromatic carbocycles. The van der Waals surface area contributed by atoms with Crippen molar-refractivity contribution in [1.82, 2.24) is 5.32 Å². The van der Waals surface area contributed by atoms with Crippen molar-refractivity contribution in [2.75, 3.05) is 13.7 Å². The first-order chi connectivity index (χ1) is 7.54. The number of methoxy groups -OCH3 is 1. The van der Waals surface area contributed by atoms with E-state index in [9.17, 15) is 4.79 Å². The quantitative estimate of drug-likeness (QED) is 0.808. The van der Waals surface area contributed by atoms with E-state index in [0.29, 0.717) is 17.3 Å². The van der Waals surface area contributed by atoms with Gasteiger partial charge in [0.2, 0.25) is 5.76 Å². The van der Waals surface area contributed by atoms with Crippen molar-refractivity contribution in [1.29, 1.82) is 0 Å². The smallest absolute Gasteiger partial charge is 0.373 e. The van der Waals surface area contributed by atoms with Crippen LogP contribution < -0.4 is 5.32 Å². The molecule has 0 radical (unpaired) electrons. The van der Waals surface area contributed by atoms with Gasteiger partial charge in [-0.05, 0) is 19.1 Å². The molecular formula is C11H14ClNO3.